The number of aryl methyl sites for hydroxylation is 1. The number of nitrogens with zero attached hydrogens (tertiary/aromatic N) is 4. The molecule has 21 heavy (non-hydrogen) atoms. The van der Waals surface area contributed by atoms with Crippen molar-refractivity contribution < 1.29 is 0 Å². The Morgan fingerprint density at radius 2 is 2.00 bits per heavy atom. The van der Waals surface area contributed by atoms with Crippen molar-refractivity contribution in [3.63, 3.8) is 0 Å². The number of benzene rings is 1. The Bertz CT molecular complexity index is 741. The molecule has 1 N–H and O–H groups in total. The lowest BCUT2D eigenvalue weighted by molar-refractivity contribution is 0.937. The van der Waals surface area contributed by atoms with Gasteiger partial charge < -0.3 is 5.32 Å². The van der Waals surface area contributed by atoms with Gasteiger partial charge in [-0.1, -0.05) is 23.7 Å². The lowest BCUT2D eigenvalue weighted by atomic mass is 10.2. The zero-order valence-corrected chi connectivity index (χ0v) is 12.8. The highest BCUT2D eigenvalue weighted by Gasteiger charge is 2.04. The predicted molar refractivity (Wildman–Crippen MR) is 84.5 cm³/mol. The van der Waals surface area contributed by atoms with Gasteiger partial charge in [-0.25, -0.2) is 9.97 Å². The topological polar surface area (TPSA) is 63.6 Å². The van der Waals surface area contributed by atoms with E-state index in [0.29, 0.717) is 17.5 Å². The van der Waals surface area contributed by atoms with Gasteiger partial charge in [0.1, 0.15) is 0 Å². The molecule has 3 aromatic rings. The van der Waals surface area contributed by atoms with E-state index in [0.717, 1.165) is 22.0 Å². The lowest BCUT2D eigenvalue weighted by Gasteiger charge is -2.04. The van der Waals surface area contributed by atoms with Crippen molar-refractivity contribution in [2.45, 2.75) is 13.5 Å². The first-order chi connectivity index (χ1) is 10.2. The predicted octanol–water partition coefficient (Wildman–Crippen LogP) is 3.57. The van der Waals surface area contributed by atoms with Gasteiger partial charge in [0.15, 0.2) is 0 Å². The number of nitrogens with one attached hydrogen (secondary N) is 1. The first-order valence-electron chi connectivity index (χ1n) is 6.31. The number of hydrogen-bond donors (Lipinski definition) is 1. The molecule has 2 aromatic heterocycles. The first-order valence-corrected chi connectivity index (χ1v) is 7.57. The molecule has 3 rings (SSSR count). The van der Waals surface area contributed by atoms with Gasteiger partial charge in [0, 0.05) is 16.0 Å². The van der Waals surface area contributed by atoms with Crippen molar-refractivity contribution in [3.8, 4) is 11.3 Å². The molecule has 0 amide bonds. The van der Waals surface area contributed by atoms with Gasteiger partial charge in [-0.3, -0.25) is 0 Å². The number of rotatable bonds is 4. The number of halogens is 1. The summed E-state index contributed by atoms with van der Waals surface area (Å²) in [5, 5.41) is 14.8. The van der Waals surface area contributed by atoms with Crippen LogP contribution >= 0.6 is 22.9 Å². The van der Waals surface area contributed by atoms with Crippen molar-refractivity contribution in [1.82, 2.24) is 20.2 Å². The van der Waals surface area contributed by atoms with Crippen LogP contribution in [0.3, 0.4) is 0 Å². The quantitative estimate of drug-likeness (QED) is 0.797. The van der Waals surface area contributed by atoms with Gasteiger partial charge in [-0.05, 0) is 19.1 Å². The normalized spacial score (nSPS) is 10.6. The summed E-state index contributed by atoms with van der Waals surface area (Å²) in [5.74, 6) is 0.480. The third-order valence-corrected chi connectivity index (χ3v) is 3.87. The highest BCUT2D eigenvalue weighted by atomic mass is 35.5. The van der Waals surface area contributed by atoms with Crippen LogP contribution in [0, 0.1) is 6.92 Å². The Morgan fingerprint density at radius 1 is 1.19 bits per heavy atom. The molecule has 0 radical (unpaired) electrons. The fraction of sp³-hybridized carbons (Fsp3) is 0.143. The van der Waals surface area contributed by atoms with E-state index < -0.39 is 0 Å². The Balaban J connectivity index is 1.75. The summed E-state index contributed by atoms with van der Waals surface area (Å²) in [6, 6.07) is 7.45. The van der Waals surface area contributed by atoms with Gasteiger partial charge >= 0.3 is 0 Å². The van der Waals surface area contributed by atoms with Gasteiger partial charge in [0.05, 0.1) is 29.1 Å². The number of aromatic nitrogens is 4. The van der Waals surface area contributed by atoms with Crippen LogP contribution in [0.1, 0.15) is 10.7 Å². The third-order valence-electron chi connectivity index (χ3n) is 2.79. The van der Waals surface area contributed by atoms with Crippen LogP contribution in [0.5, 0.6) is 0 Å². The second kappa shape index (κ2) is 6.15. The van der Waals surface area contributed by atoms with Crippen molar-refractivity contribution in [1.29, 1.82) is 0 Å². The third kappa shape index (κ3) is 3.53. The van der Waals surface area contributed by atoms with Gasteiger partial charge in [0.25, 0.3) is 0 Å². The number of hydrogen-bond acceptors (Lipinski definition) is 6. The smallest absolute Gasteiger partial charge is 0.243 e. The molecule has 2 heterocycles. The largest absolute Gasteiger partial charge is 0.347 e. The Morgan fingerprint density at radius 3 is 2.71 bits per heavy atom. The molecule has 0 unspecified atom stereocenters. The summed E-state index contributed by atoms with van der Waals surface area (Å²) >= 11 is 7.50. The van der Waals surface area contributed by atoms with Crippen LogP contribution < -0.4 is 5.32 Å². The van der Waals surface area contributed by atoms with Gasteiger partial charge in [-0.2, -0.15) is 5.10 Å². The second-order valence-corrected chi connectivity index (χ2v) is 5.88. The van der Waals surface area contributed by atoms with E-state index in [4.69, 9.17) is 11.6 Å². The van der Waals surface area contributed by atoms with Gasteiger partial charge in [0.2, 0.25) is 5.95 Å². The van der Waals surface area contributed by atoms with Crippen molar-refractivity contribution in [3.05, 3.63) is 51.6 Å². The summed E-state index contributed by atoms with van der Waals surface area (Å²) in [6.07, 6.45) is 1.63. The lowest BCUT2D eigenvalue weighted by Crippen LogP contribution is -2.05. The molecule has 5 nitrogen and oxygen atoms in total. The van der Waals surface area contributed by atoms with E-state index in [1.165, 1.54) is 0 Å². The van der Waals surface area contributed by atoms with Crippen LogP contribution in [-0.2, 0) is 6.54 Å². The molecule has 0 aliphatic carbocycles. The van der Waals surface area contributed by atoms with E-state index in [2.05, 4.69) is 25.5 Å². The Labute approximate surface area is 131 Å². The molecule has 0 bridgehead atoms. The molecule has 0 spiro atoms. The molecule has 106 valence electrons. The highest BCUT2D eigenvalue weighted by Crippen LogP contribution is 2.19. The van der Waals surface area contributed by atoms with Crippen LogP contribution in [0.25, 0.3) is 11.3 Å². The molecule has 0 saturated heterocycles. The van der Waals surface area contributed by atoms with E-state index in [1.807, 2.05) is 36.6 Å². The maximum atomic E-state index is 5.88. The minimum absolute atomic E-state index is 0.480. The van der Waals surface area contributed by atoms with Crippen LogP contribution in [0.4, 0.5) is 5.95 Å². The summed E-state index contributed by atoms with van der Waals surface area (Å²) in [6.45, 7) is 2.56. The summed E-state index contributed by atoms with van der Waals surface area (Å²) in [7, 11) is 0. The number of anilines is 1. The van der Waals surface area contributed by atoms with E-state index >= 15 is 0 Å². The van der Waals surface area contributed by atoms with Crippen LogP contribution in [-0.4, -0.2) is 20.2 Å². The van der Waals surface area contributed by atoms with Crippen molar-refractivity contribution >= 4 is 28.9 Å². The van der Waals surface area contributed by atoms with E-state index in [9.17, 15) is 0 Å². The second-order valence-electron chi connectivity index (χ2n) is 4.38. The molecule has 7 heteroatoms. The van der Waals surface area contributed by atoms with Crippen molar-refractivity contribution in [2.24, 2.45) is 0 Å². The minimum atomic E-state index is 0.480. The molecular weight excluding hydrogens is 306 g/mol. The molecular formula is C14H12ClN5S. The molecule has 0 aliphatic rings. The standard InChI is InChI=1S/C14H12ClN5S/c1-9-18-12(8-21-9)6-16-14-19-13(7-17-20-14)10-2-4-11(15)5-3-10/h2-5,7-8H,6H2,1H3,(H,16,19,20). The summed E-state index contributed by atoms with van der Waals surface area (Å²) in [4.78, 5) is 8.82. The maximum Gasteiger partial charge on any atom is 0.243 e. The van der Waals surface area contributed by atoms with Crippen LogP contribution in [0.15, 0.2) is 35.8 Å². The number of thiazole rings is 1. The monoisotopic (exact) mass is 317 g/mol. The fourth-order valence-electron chi connectivity index (χ4n) is 1.80. The molecule has 0 aliphatic heterocycles. The summed E-state index contributed by atoms with van der Waals surface area (Å²) in [5.41, 5.74) is 2.67. The first kappa shape index (κ1) is 13.9. The average molecular weight is 318 g/mol. The molecule has 1 aromatic carbocycles. The van der Waals surface area contributed by atoms with E-state index in [-0.39, 0.29) is 0 Å². The zero-order chi connectivity index (χ0) is 14.7. The SMILES string of the molecule is Cc1nc(CNc2nncc(-c3ccc(Cl)cc3)n2)cs1. The summed E-state index contributed by atoms with van der Waals surface area (Å²) < 4.78 is 0. The Kier molecular flexibility index (Phi) is 4.08. The zero-order valence-electron chi connectivity index (χ0n) is 11.2. The molecule has 0 atom stereocenters. The average Bonchev–Trinajstić information content (AvgIpc) is 2.92. The van der Waals surface area contributed by atoms with Crippen molar-refractivity contribution in [2.75, 3.05) is 5.32 Å². The fourth-order valence-corrected chi connectivity index (χ4v) is 2.54. The maximum absolute atomic E-state index is 5.88. The minimum Gasteiger partial charge on any atom is -0.347 e. The highest BCUT2D eigenvalue weighted by molar-refractivity contribution is 7.09. The molecule has 0 fully saturated rings. The Hall–Kier alpha value is -2.05. The van der Waals surface area contributed by atoms with Crippen LogP contribution in [0.2, 0.25) is 5.02 Å². The van der Waals surface area contributed by atoms with Gasteiger partial charge in [-0.15, -0.1) is 16.4 Å². The molecule has 0 saturated carbocycles. The van der Waals surface area contributed by atoms with E-state index in [1.54, 1.807) is 17.5 Å².